The van der Waals surface area contributed by atoms with E-state index in [0.717, 1.165) is 23.5 Å². The number of urea groups is 1. The third-order valence-corrected chi connectivity index (χ3v) is 5.33. The van der Waals surface area contributed by atoms with Crippen molar-refractivity contribution in [3.63, 3.8) is 0 Å². The number of alkyl halides is 6. The third-order valence-electron chi connectivity index (χ3n) is 4.45. The van der Waals surface area contributed by atoms with E-state index in [4.69, 9.17) is 0 Å². The Morgan fingerprint density at radius 1 is 1.07 bits per heavy atom. The first kappa shape index (κ1) is 21.1. The van der Waals surface area contributed by atoms with E-state index in [1.807, 2.05) is 0 Å². The highest BCUT2D eigenvalue weighted by Crippen LogP contribution is 2.44. The molecule has 0 saturated carbocycles. The molecule has 29 heavy (non-hydrogen) atoms. The van der Waals surface area contributed by atoms with Gasteiger partial charge in [0.2, 0.25) is 5.72 Å². The number of nitrogens with one attached hydrogen (secondary N) is 2. The van der Waals surface area contributed by atoms with Crippen LogP contribution in [0.1, 0.15) is 26.8 Å². The zero-order valence-electron chi connectivity index (χ0n) is 14.1. The van der Waals surface area contributed by atoms with Crippen molar-refractivity contribution in [1.82, 2.24) is 10.6 Å². The number of rotatable bonds is 3. The van der Waals surface area contributed by atoms with Crippen LogP contribution in [0.4, 0.5) is 31.1 Å². The lowest BCUT2D eigenvalue weighted by atomic mass is 9.78. The number of carbonyl (C=O) groups is 2. The number of hydrogen-bond donors (Lipinski definition) is 3. The van der Waals surface area contributed by atoms with Crippen LogP contribution in [-0.4, -0.2) is 28.8 Å². The fraction of sp³-hybridized carbons (Fsp3) is 0.294. The van der Waals surface area contributed by atoms with Gasteiger partial charge in [-0.25, -0.2) is 4.79 Å². The van der Waals surface area contributed by atoms with Crippen molar-refractivity contribution in [2.45, 2.75) is 24.1 Å². The van der Waals surface area contributed by atoms with Crippen molar-refractivity contribution in [1.29, 1.82) is 0 Å². The molecule has 156 valence electrons. The largest absolute Gasteiger partial charge is 0.437 e. The van der Waals surface area contributed by atoms with Crippen molar-refractivity contribution < 1.29 is 41.0 Å². The number of Topliss-reactive ketones (excluding diaryl/α,β-unsaturated/α-hetero) is 1. The predicted octanol–water partition coefficient (Wildman–Crippen LogP) is 3.87. The first-order valence-corrected chi connectivity index (χ1v) is 8.85. The molecular formula is C17H12F6N2O3S. The summed E-state index contributed by atoms with van der Waals surface area (Å²) in [5, 5.41) is 15.2. The molecule has 3 N–H and O–H groups in total. The summed E-state index contributed by atoms with van der Waals surface area (Å²) in [5.74, 6) is -3.41. The zero-order chi connectivity index (χ0) is 21.6. The van der Waals surface area contributed by atoms with Crippen LogP contribution in [0.2, 0.25) is 0 Å². The van der Waals surface area contributed by atoms with Crippen LogP contribution >= 0.6 is 11.3 Å². The van der Waals surface area contributed by atoms with Gasteiger partial charge in [0.1, 0.15) is 5.92 Å². The Morgan fingerprint density at radius 2 is 1.69 bits per heavy atom. The molecule has 0 spiro atoms. The van der Waals surface area contributed by atoms with Gasteiger partial charge in [0.25, 0.3) is 0 Å². The normalized spacial score (nSPS) is 25.3. The summed E-state index contributed by atoms with van der Waals surface area (Å²) in [6.07, 6.45) is -10.1. The molecule has 1 aliphatic rings. The van der Waals surface area contributed by atoms with E-state index in [-0.39, 0.29) is 10.4 Å². The second-order valence-electron chi connectivity index (χ2n) is 6.28. The summed E-state index contributed by atoms with van der Waals surface area (Å²) in [6, 6.07) is 2.43. The van der Waals surface area contributed by atoms with Gasteiger partial charge in [-0.2, -0.15) is 26.3 Å². The minimum Gasteiger partial charge on any atom is -0.363 e. The Kier molecular flexibility index (Phi) is 5.11. The molecule has 2 heterocycles. The summed E-state index contributed by atoms with van der Waals surface area (Å²) in [7, 11) is 0. The first-order valence-electron chi connectivity index (χ1n) is 7.97. The second-order valence-corrected chi connectivity index (χ2v) is 7.23. The first-order chi connectivity index (χ1) is 13.3. The molecule has 1 fully saturated rings. The van der Waals surface area contributed by atoms with Crippen molar-refractivity contribution >= 4 is 23.2 Å². The fourth-order valence-electron chi connectivity index (χ4n) is 3.07. The van der Waals surface area contributed by atoms with Gasteiger partial charge < -0.3 is 15.7 Å². The van der Waals surface area contributed by atoms with E-state index < -0.39 is 47.4 Å². The Morgan fingerprint density at radius 3 is 2.17 bits per heavy atom. The maximum Gasteiger partial charge on any atom is 0.437 e. The molecule has 0 unspecified atom stereocenters. The highest BCUT2D eigenvalue weighted by molar-refractivity contribution is 7.12. The number of benzene rings is 1. The third kappa shape index (κ3) is 3.81. The number of hydrogen-bond acceptors (Lipinski definition) is 4. The Hall–Kier alpha value is -2.60. The number of halogens is 6. The maximum atomic E-state index is 13.7. The molecule has 1 saturated heterocycles. The predicted molar refractivity (Wildman–Crippen MR) is 89.0 cm³/mol. The quantitative estimate of drug-likeness (QED) is 0.503. The van der Waals surface area contributed by atoms with E-state index in [2.05, 4.69) is 5.32 Å². The van der Waals surface area contributed by atoms with Crippen LogP contribution in [0.25, 0.3) is 0 Å². The van der Waals surface area contributed by atoms with Crippen LogP contribution in [0.5, 0.6) is 0 Å². The van der Waals surface area contributed by atoms with Gasteiger partial charge in [-0.3, -0.25) is 4.79 Å². The lowest BCUT2D eigenvalue weighted by Crippen LogP contribution is -2.72. The van der Waals surface area contributed by atoms with Crippen molar-refractivity contribution in [3.05, 3.63) is 57.8 Å². The molecule has 0 radical (unpaired) electrons. The molecule has 12 heteroatoms. The molecule has 0 aliphatic carbocycles. The van der Waals surface area contributed by atoms with Crippen LogP contribution in [0.15, 0.2) is 41.8 Å². The van der Waals surface area contributed by atoms with Crippen LogP contribution < -0.4 is 10.6 Å². The highest BCUT2D eigenvalue weighted by Gasteiger charge is 2.66. The lowest BCUT2D eigenvalue weighted by Gasteiger charge is -2.44. The Bertz CT molecular complexity index is 911. The average molecular weight is 438 g/mol. The monoisotopic (exact) mass is 438 g/mol. The van der Waals surface area contributed by atoms with Gasteiger partial charge in [0.15, 0.2) is 5.78 Å². The minimum absolute atomic E-state index is 0.118. The molecule has 2 amide bonds. The van der Waals surface area contributed by atoms with Gasteiger partial charge in [0.05, 0.1) is 16.5 Å². The molecule has 1 aromatic heterocycles. The summed E-state index contributed by atoms with van der Waals surface area (Å²) in [4.78, 5) is 24.5. The molecule has 1 aliphatic heterocycles. The molecule has 5 nitrogen and oxygen atoms in total. The number of thiophene rings is 1. The smallest absolute Gasteiger partial charge is 0.363 e. The zero-order valence-corrected chi connectivity index (χ0v) is 15.0. The van der Waals surface area contributed by atoms with Gasteiger partial charge in [0, 0.05) is 0 Å². The van der Waals surface area contributed by atoms with Gasteiger partial charge in [-0.05, 0) is 29.1 Å². The number of carbonyl (C=O) groups excluding carboxylic acids is 2. The van der Waals surface area contributed by atoms with Crippen molar-refractivity contribution in [3.8, 4) is 0 Å². The van der Waals surface area contributed by atoms with Gasteiger partial charge in [-0.15, -0.1) is 11.3 Å². The highest BCUT2D eigenvalue weighted by atomic mass is 32.1. The number of amides is 2. The van der Waals surface area contributed by atoms with E-state index >= 15 is 0 Å². The summed E-state index contributed by atoms with van der Waals surface area (Å²) < 4.78 is 79.3. The van der Waals surface area contributed by atoms with E-state index in [1.54, 1.807) is 0 Å². The number of aliphatic hydroxyl groups is 1. The minimum atomic E-state index is -5.44. The second kappa shape index (κ2) is 7.02. The van der Waals surface area contributed by atoms with Crippen molar-refractivity contribution in [2.75, 3.05) is 0 Å². The number of ketones is 1. The molecule has 3 rings (SSSR count). The van der Waals surface area contributed by atoms with Crippen LogP contribution in [-0.2, 0) is 6.18 Å². The van der Waals surface area contributed by atoms with Crippen molar-refractivity contribution in [2.24, 2.45) is 5.92 Å². The maximum absolute atomic E-state index is 13.7. The topological polar surface area (TPSA) is 78.4 Å². The van der Waals surface area contributed by atoms with Crippen LogP contribution in [0, 0.1) is 5.92 Å². The SMILES string of the molecule is O=C1N[C@H](c2ccc(C(F)(F)F)cc2)[C@@H](C(=O)c2cccs2)[C@](O)(C(F)(F)F)N1. The Balaban J connectivity index is 2.11. The standard InChI is InChI=1S/C17H12F6N2O3S/c18-16(19,20)9-5-3-8(4-6-9)12-11(13(26)10-2-1-7-29-10)15(28,17(21,22)23)25-14(27)24-12/h1-7,11-12,28H,(H2,24,25,27)/t11-,12+,15-/m0/s1. The Labute approximate surface area is 163 Å². The van der Waals surface area contributed by atoms with Crippen LogP contribution in [0.3, 0.4) is 0 Å². The van der Waals surface area contributed by atoms with E-state index in [1.165, 1.54) is 22.8 Å². The average Bonchev–Trinajstić information content (AvgIpc) is 3.13. The van der Waals surface area contributed by atoms with E-state index in [0.29, 0.717) is 12.1 Å². The molecular weight excluding hydrogens is 426 g/mol. The summed E-state index contributed by atoms with van der Waals surface area (Å²) in [5.41, 5.74) is -5.19. The molecule has 0 bridgehead atoms. The molecule has 3 atom stereocenters. The summed E-state index contributed by atoms with van der Waals surface area (Å²) in [6.45, 7) is 0. The fourth-order valence-corrected chi connectivity index (χ4v) is 3.77. The van der Waals surface area contributed by atoms with E-state index in [9.17, 15) is 41.0 Å². The van der Waals surface area contributed by atoms with Gasteiger partial charge >= 0.3 is 18.4 Å². The molecule has 1 aromatic carbocycles. The molecule has 2 aromatic rings. The van der Waals surface area contributed by atoms with Gasteiger partial charge in [-0.1, -0.05) is 18.2 Å². The lowest BCUT2D eigenvalue weighted by molar-refractivity contribution is -0.287. The summed E-state index contributed by atoms with van der Waals surface area (Å²) >= 11 is 0.823.